The van der Waals surface area contributed by atoms with Gasteiger partial charge in [0.05, 0.1) is 16.2 Å². The average Bonchev–Trinajstić information content (AvgIpc) is 2.54. The van der Waals surface area contributed by atoms with Crippen LogP contribution in [0.4, 0.5) is 5.69 Å². The molecular weight excluding hydrogens is 372 g/mol. The zero-order chi connectivity index (χ0) is 20.8. The molecule has 1 rings (SSSR count). The Morgan fingerprint density at radius 2 is 1.85 bits per heavy atom. The zero-order valence-corrected chi connectivity index (χ0v) is 17.0. The number of carbonyl (C=O) groups is 3. The molecule has 0 radical (unpaired) electrons. The molecule has 8 heteroatoms. The number of nitrogens with one attached hydrogen (secondary N) is 2. The van der Waals surface area contributed by atoms with Crippen LogP contribution in [0.1, 0.15) is 51.4 Å². The molecule has 0 saturated heterocycles. The van der Waals surface area contributed by atoms with Crippen LogP contribution in [0.15, 0.2) is 18.2 Å². The van der Waals surface area contributed by atoms with E-state index in [0.29, 0.717) is 5.69 Å². The number of aliphatic carboxylic acids is 1. The van der Waals surface area contributed by atoms with Crippen molar-refractivity contribution in [2.24, 2.45) is 5.92 Å². The second kappa shape index (κ2) is 9.71. The van der Waals surface area contributed by atoms with E-state index in [4.69, 9.17) is 16.3 Å². The van der Waals surface area contributed by atoms with Gasteiger partial charge in [-0.3, -0.25) is 9.59 Å². The van der Waals surface area contributed by atoms with Crippen LogP contribution in [0.3, 0.4) is 0 Å². The molecule has 1 atom stereocenters. The van der Waals surface area contributed by atoms with Gasteiger partial charge in [0, 0.05) is 24.6 Å². The average molecular weight is 399 g/mol. The van der Waals surface area contributed by atoms with Crippen LogP contribution in [-0.4, -0.2) is 41.1 Å². The summed E-state index contributed by atoms with van der Waals surface area (Å²) < 4.78 is 5.52. The van der Waals surface area contributed by atoms with Gasteiger partial charge in [0.15, 0.2) is 0 Å². The van der Waals surface area contributed by atoms with E-state index in [1.54, 1.807) is 19.9 Å². The van der Waals surface area contributed by atoms with Gasteiger partial charge in [0.25, 0.3) is 5.91 Å². The molecule has 1 unspecified atom stereocenters. The van der Waals surface area contributed by atoms with E-state index in [1.165, 1.54) is 12.1 Å². The van der Waals surface area contributed by atoms with E-state index in [-0.39, 0.29) is 35.4 Å². The van der Waals surface area contributed by atoms with Crippen molar-refractivity contribution in [3.63, 3.8) is 0 Å². The van der Waals surface area contributed by atoms with Crippen molar-refractivity contribution < 1.29 is 24.2 Å². The fourth-order valence-electron chi connectivity index (χ4n) is 2.04. The van der Waals surface area contributed by atoms with Crippen LogP contribution in [0.2, 0.25) is 5.02 Å². The Kier molecular flexibility index (Phi) is 8.24. The third kappa shape index (κ3) is 7.97. The molecule has 7 nitrogen and oxygen atoms in total. The van der Waals surface area contributed by atoms with Gasteiger partial charge in [0.1, 0.15) is 6.04 Å². The molecule has 2 amide bonds. The van der Waals surface area contributed by atoms with Crippen molar-refractivity contribution in [3.8, 4) is 0 Å². The fraction of sp³-hybridized carbons (Fsp3) is 0.526. The summed E-state index contributed by atoms with van der Waals surface area (Å²) in [4.78, 5) is 35.7. The molecule has 1 aromatic carbocycles. The van der Waals surface area contributed by atoms with Crippen LogP contribution in [0, 0.1) is 5.92 Å². The Morgan fingerprint density at radius 3 is 2.37 bits per heavy atom. The maximum absolute atomic E-state index is 12.5. The van der Waals surface area contributed by atoms with E-state index in [0.717, 1.165) is 0 Å². The third-order valence-electron chi connectivity index (χ3n) is 3.55. The highest BCUT2D eigenvalue weighted by Gasteiger charge is 2.23. The quantitative estimate of drug-likeness (QED) is 0.623. The highest BCUT2D eigenvalue weighted by atomic mass is 35.5. The summed E-state index contributed by atoms with van der Waals surface area (Å²) in [5.74, 6) is -2.23. The van der Waals surface area contributed by atoms with E-state index >= 15 is 0 Å². The molecule has 3 N–H and O–H groups in total. The smallest absolute Gasteiger partial charge is 0.326 e. The second-order valence-corrected chi connectivity index (χ2v) is 7.86. The summed E-state index contributed by atoms with van der Waals surface area (Å²) >= 11 is 6.07. The predicted octanol–water partition coefficient (Wildman–Crippen LogP) is 3.32. The first-order chi connectivity index (χ1) is 12.4. The second-order valence-electron chi connectivity index (χ2n) is 7.45. The highest BCUT2D eigenvalue weighted by molar-refractivity contribution is 6.34. The number of ether oxygens (including phenoxy) is 1. The predicted molar refractivity (Wildman–Crippen MR) is 104 cm³/mol. The van der Waals surface area contributed by atoms with Gasteiger partial charge >= 0.3 is 5.97 Å². The first kappa shape index (κ1) is 22.9. The van der Waals surface area contributed by atoms with Crippen LogP contribution in [0.25, 0.3) is 0 Å². The fourth-order valence-corrected chi connectivity index (χ4v) is 2.24. The molecule has 150 valence electrons. The van der Waals surface area contributed by atoms with Gasteiger partial charge in [-0.15, -0.1) is 0 Å². The summed E-state index contributed by atoms with van der Waals surface area (Å²) in [5.41, 5.74) is 0.0895. The van der Waals surface area contributed by atoms with Crippen LogP contribution in [0.5, 0.6) is 0 Å². The van der Waals surface area contributed by atoms with Crippen LogP contribution >= 0.6 is 11.6 Å². The summed E-state index contributed by atoms with van der Waals surface area (Å²) in [7, 11) is 0. The lowest BCUT2D eigenvalue weighted by atomic mass is 10.1. The lowest BCUT2D eigenvalue weighted by Gasteiger charge is -2.21. The highest BCUT2D eigenvalue weighted by Crippen LogP contribution is 2.21. The van der Waals surface area contributed by atoms with Crippen molar-refractivity contribution in [1.82, 2.24) is 5.32 Å². The van der Waals surface area contributed by atoms with Gasteiger partial charge in [-0.2, -0.15) is 0 Å². The number of carboxylic acid groups (broad SMARTS) is 1. The molecule has 0 fully saturated rings. The molecule has 0 bridgehead atoms. The Hall–Kier alpha value is -2.12. The van der Waals surface area contributed by atoms with Gasteiger partial charge in [-0.1, -0.05) is 25.4 Å². The topological polar surface area (TPSA) is 105 Å². The maximum Gasteiger partial charge on any atom is 0.326 e. The SMILES string of the molecule is CC(C)C(=O)Nc1ccc(Cl)c(C(=O)NC(CCOC(C)(C)C)C(=O)O)c1. The first-order valence-electron chi connectivity index (χ1n) is 8.68. The van der Waals surface area contributed by atoms with Crippen molar-refractivity contribution in [3.05, 3.63) is 28.8 Å². The molecule has 0 aromatic heterocycles. The number of rotatable bonds is 8. The van der Waals surface area contributed by atoms with E-state index in [1.807, 2.05) is 20.8 Å². The minimum atomic E-state index is -1.17. The Morgan fingerprint density at radius 1 is 1.22 bits per heavy atom. The molecule has 0 heterocycles. The normalized spacial score (nSPS) is 12.6. The number of carboxylic acids is 1. The molecule has 0 spiro atoms. The van der Waals surface area contributed by atoms with Crippen molar-refractivity contribution >= 4 is 35.1 Å². The standard InChI is InChI=1S/C19H27ClN2O5/c1-11(2)16(23)21-12-6-7-14(20)13(10-12)17(24)22-15(18(25)26)8-9-27-19(3,4)5/h6-7,10-11,15H,8-9H2,1-5H3,(H,21,23)(H,22,24)(H,25,26). The zero-order valence-electron chi connectivity index (χ0n) is 16.3. The largest absolute Gasteiger partial charge is 0.480 e. The van der Waals surface area contributed by atoms with E-state index < -0.39 is 23.5 Å². The molecule has 0 aliphatic rings. The monoisotopic (exact) mass is 398 g/mol. The van der Waals surface area contributed by atoms with Gasteiger partial charge < -0.3 is 20.5 Å². The number of anilines is 1. The van der Waals surface area contributed by atoms with Crippen molar-refractivity contribution in [1.29, 1.82) is 0 Å². The number of benzene rings is 1. The Labute approximate surface area is 164 Å². The number of hydrogen-bond donors (Lipinski definition) is 3. The summed E-state index contributed by atoms with van der Waals surface area (Å²) in [6.45, 7) is 9.25. The van der Waals surface area contributed by atoms with Crippen LogP contribution < -0.4 is 10.6 Å². The van der Waals surface area contributed by atoms with Gasteiger partial charge in [-0.25, -0.2) is 4.79 Å². The molecule has 0 saturated carbocycles. The Balaban J connectivity index is 2.86. The van der Waals surface area contributed by atoms with Crippen molar-refractivity contribution in [2.75, 3.05) is 11.9 Å². The van der Waals surface area contributed by atoms with Crippen molar-refractivity contribution in [2.45, 2.75) is 52.7 Å². The minimum absolute atomic E-state index is 0.0845. The number of hydrogen-bond acceptors (Lipinski definition) is 4. The molecule has 0 aliphatic carbocycles. The third-order valence-corrected chi connectivity index (χ3v) is 3.88. The number of amides is 2. The number of carbonyl (C=O) groups excluding carboxylic acids is 2. The van der Waals surface area contributed by atoms with E-state index in [9.17, 15) is 19.5 Å². The van der Waals surface area contributed by atoms with Gasteiger partial charge in [0.2, 0.25) is 5.91 Å². The lowest BCUT2D eigenvalue weighted by Crippen LogP contribution is -2.42. The first-order valence-corrected chi connectivity index (χ1v) is 9.06. The maximum atomic E-state index is 12.5. The minimum Gasteiger partial charge on any atom is -0.480 e. The number of halogens is 1. The lowest BCUT2D eigenvalue weighted by molar-refractivity contribution is -0.140. The molecular formula is C19H27ClN2O5. The molecule has 27 heavy (non-hydrogen) atoms. The molecule has 0 aliphatic heterocycles. The summed E-state index contributed by atoms with van der Waals surface area (Å²) in [5, 5.41) is 14.6. The van der Waals surface area contributed by atoms with Crippen LogP contribution in [-0.2, 0) is 14.3 Å². The summed E-state index contributed by atoms with van der Waals surface area (Å²) in [6, 6.07) is 3.35. The van der Waals surface area contributed by atoms with Gasteiger partial charge in [-0.05, 0) is 39.0 Å². The molecule has 1 aromatic rings. The summed E-state index contributed by atoms with van der Waals surface area (Å²) in [6.07, 6.45) is 0.111. The van der Waals surface area contributed by atoms with E-state index in [2.05, 4.69) is 10.6 Å². The Bertz CT molecular complexity index is 698.